The van der Waals surface area contributed by atoms with Crippen LogP contribution in [0, 0.1) is 0 Å². The molecule has 1 aliphatic rings. The van der Waals surface area contributed by atoms with Crippen LogP contribution in [0.4, 0.5) is 0 Å². The Morgan fingerprint density at radius 2 is 1.62 bits per heavy atom. The maximum atomic E-state index is 10.3. The van der Waals surface area contributed by atoms with Gasteiger partial charge in [0.2, 0.25) is 0 Å². The summed E-state index contributed by atoms with van der Waals surface area (Å²) in [5.74, 6) is -1.77. The van der Waals surface area contributed by atoms with Crippen LogP contribution in [0.1, 0.15) is 0 Å². The number of carboxylic acids is 1. The first kappa shape index (κ1) is 10.4. The van der Waals surface area contributed by atoms with Gasteiger partial charge in [-0.3, -0.25) is 0 Å². The van der Waals surface area contributed by atoms with Gasteiger partial charge < -0.3 is 35.1 Å². The van der Waals surface area contributed by atoms with E-state index in [1.165, 1.54) is 0 Å². The molecule has 13 heavy (non-hydrogen) atoms. The highest BCUT2D eigenvalue weighted by molar-refractivity contribution is 5.71. The lowest BCUT2D eigenvalue weighted by molar-refractivity contribution is -0.345. The molecule has 1 fully saturated rings. The van der Waals surface area contributed by atoms with Crippen molar-refractivity contribution in [3.8, 4) is 0 Å². The Morgan fingerprint density at radius 3 is 2.08 bits per heavy atom. The predicted molar refractivity (Wildman–Crippen MR) is 33.9 cm³/mol. The van der Waals surface area contributed by atoms with Crippen molar-refractivity contribution in [2.24, 2.45) is 0 Å². The summed E-state index contributed by atoms with van der Waals surface area (Å²) >= 11 is 0. The lowest BCUT2D eigenvalue weighted by atomic mass is 9.99. The van der Waals surface area contributed by atoms with E-state index in [0.29, 0.717) is 0 Å². The van der Waals surface area contributed by atoms with Crippen molar-refractivity contribution in [2.45, 2.75) is 30.7 Å². The number of hydrogen-bond acceptors (Lipinski definition) is 7. The molecule has 7 heteroatoms. The van der Waals surface area contributed by atoms with E-state index >= 15 is 0 Å². The van der Waals surface area contributed by atoms with Crippen molar-refractivity contribution in [2.75, 3.05) is 0 Å². The molecule has 76 valence electrons. The minimum Gasteiger partial charge on any atom is -0.547 e. The number of carbonyl (C=O) groups is 1. The van der Waals surface area contributed by atoms with Crippen LogP contribution in [-0.2, 0) is 9.53 Å². The molecule has 0 amide bonds. The number of carbonyl (C=O) groups excluding carboxylic acids is 1. The molecular weight excluding hydrogens is 184 g/mol. The SMILES string of the molecule is O=C([O-])[C@H]1O[C@H](O)[C@H](O)[C@@H](O)[C@H]1O. The molecule has 5 atom stereocenters. The van der Waals surface area contributed by atoms with E-state index in [1.807, 2.05) is 0 Å². The first-order valence-electron chi connectivity index (χ1n) is 3.53. The molecule has 0 aromatic rings. The molecule has 0 saturated carbocycles. The van der Waals surface area contributed by atoms with Crippen LogP contribution in [0.3, 0.4) is 0 Å². The highest BCUT2D eigenvalue weighted by atomic mass is 16.6. The molecule has 1 rings (SSSR count). The Morgan fingerprint density at radius 1 is 1.08 bits per heavy atom. The highest BCUT2D eigenvalue weighted by Crippen LogP contribution is 2.19. The second-order valence-electron chi connectivity index (χ2n) is 2.74. The number of carboxylic acid groups (broad SMARTS) is 1. The normalized spacial score (nSPS) is 46.0. The molecule has 0 radical (unpaired) electrons. The molecule has 0 aromatic heterocycles. The van der Waals surface area contributed by atoms with Crippen LogP contribution in [0.5, 0.6) is 0 Å². The minimum atomic E-state index is -1.85. The second kappa shape index (κ2) is 3.56. The zero-order valence-corrected chi connectivity index (χ0v) is 6.40. The fourth-order valence-electron chi connectivity index (χ4n) is 1.06. The lowest BCUT2D eigenvalue weighted by Crippen LogP contribution is -2.62. The lowest BCUT2D eigenvalue weighted by Gasteiger charge is -2.38. The van der Waals surface area contributed by atoms with E-state index in [1.54, 1.807) is 0 Å². The van der Waals surface area contributed by atoms with Crippen molar-refractivity contribution < 1.29 is 35.1 Å². The largest absolute Gasteiger partial charge is 0.547 e. The standard InChI is InChI=1S/C6H10O7/c7-1-2(8)4(5(10)11)13-6(12)3(1)9/h1-4,6-9,12H,(H,10,11)/p-1/t1-,2+,3+,4-,6-/m0/s1. The van der Waals surface area contributed by atoms with E-state index in [0.717, 1.165) is 0 Å². The summed E-state index contributed by atoms with van der Waals surface area (Å²) in [5, 5.41) is 46.1. The molecule has 1 saturated heterocycles. The monoisotopic (exact) mass is 193 g/mol. The highest BCUT2D eigenvalue weighted by Gasteiger charge is 2.43. The number of aliphatic carboxylic acids is 1. The van der Waals surface area contributed by atoms with E-state index in [4.69, 9.17) is 20.4 Å². The quantitative estimate of drug-likeness (QED) is 0.330. The summed E-state index contributed by atoms with van der Waals surface area (Å²) in [6.07, 6.45) is -9.00. The van der Waals surface area contributed by atoms with Crippen LogP contribution >= 0.6 is 0 Å². The minimum absolute atomic E-state index is 1.73. The first-order valence-corrected chi connectivity index (χ1v) is 3.53. The van der Waals surface area contributed by atoms with Crippen molar-refractivity contribution >= 4 is 5.97 Å². The summed E-state index contributed by atoms with van der Waals surface area (Å²) in [4.78, 5) is 10.3. The molecule has 0 aliphatic carbocycles. The Kier molecular flexibility index (Phi) is 2.84. The number of ether oxygens (including phenoxy) is 1. The zero-order chi connectivity index (χ0) is 10.2. The van der Waals surface area contributed by atoms with Crippen molar-refractivity contribution in [1.82, 2.24) is 0 Å². The van der Waals surface area contributed by atoms with Gasteiger partial charge >= 0.3 is 0 Å². The van der Waals surface area contributed by atoms with Crippen molar-refractivity contribution in [1.29, 1.82) is 0 Å². The molecule has 7 nitrogen and oxygen atoms in total. The Balaban J connectivity index is 2.76. The summed E-state index contributed by atoms with van der Waals surface area (Å²) in [5.41, 5.74) is 0. The summed E-state index contributed by atoms with van der Waals surface area (Å²) < 4.78 is 4.28. The summed E-state index contributed by atoms with van der Waals surface area (Å²) in [6.45, 7) is 0. The fraction of sp³-hybridized carbons (Fsp3) is 0.833. The van der Waals surface area contributed by atoms with Gasteiger partial charge in [0.05, 0.1) is 5.97 Å². The third kappa shape index (κ3) is 1.79. The molecular formula is C6H9O7-. The Labute approximate surface area is 72.8 Å². The number of aliphatic hydroxyl groups is 4. The fourth-order valence-corrected chi connectivity index (χ4v) is 1.06. The molecule has 0 aromatic carbocycles. The van der Waals surface area contributed by atoms with Gasteiger partial charge in [-0.2, -0.15) is 0 Å². The number of aliphatic hydroxyl groups excluding tert-OH is 4. The van der Waals surface area contributed by atoms with Crippen LogP contribution in [0.25, 0.3) is 0 Å². The van der Waals surface area contributed by atoms with Gasteiger partial charge in [-0.05, 0) is 0 Å². The summed E-state index contributed by atoms with van der Waals surface area (Å²) in [6, 6.07) is 0. The van der Waals surface area contributed by atoms with Crippen LogP contribution in [0.15, 0.2) is 0 Å². The molecule has 0 unspecified atom stereocenters. The van der Waals surface area contributed by atoms with Crippen LogP contribution < -0.4 is 5.11 Å². The smallest absolute Gasteiger partial charge is 0.184 e. The van der Waals surface area contributed by atoms with Gasteiger partial charge in [0.1, 0.15) is 24.4 Å². The molecule has 0 bridgehead atoms. The van der Waals surface area contributed by atoms with E-state index in [-0.39, 0.29) is 0 Å². The average Bonchev–Trinajstić information content (AvgIpc) is 2.07. The van der Waals surface area contributed by atoms with Gasteiger partial charge in [-0.25, -0.2) is 0 Å². The van der Waals surface area contributed by atoms with Gasteiger partial charge in [-0.1, -0.05) is 0 Å². The third-order valence-corrected chi connectivity index (χ3v) is 1.82. The average molecular weight is 193 g/mol. The van der Waals surface area contributed by atoms with Crippen molar-refractivity contribution in [3.05, 3.63) is 0 Å². The van der Waals surface area contributed by atoms with Gasteiger partial charge in [-0.15, -0.1) is 0 Å². The number of rotatable bonds is 1. The van der Waals surface area contributed by atoms with E-state index in [2.05, 4.69) is 4.74 Å². The van der Waals surface area contributed by atoms with E-state index in [9.17, 15) is 9.90 Å². The third-order valence-electron chi connectivity index (χ3n) is 1.82. The topological polar surface area (TPSA) is 130 Å². The van der Waals surface area contributed by atoms with Gasteiger partial charge in [0, 0.05) is 0 Å². The van der Waals surface area contributed by atoms with Gasteiger partial charge in [0.15, 0.2) is 6.29 Å². The van der Waals surface area contributed by atoms with Crippen LogP contribution in [-0.4, -0.2) is 57.1 Å². The maximum Gasteiger partial charge on any atom is 0.184 e. The summed E-state index contributed by atoms with van der Waals surface area (Å²) in [7, 11) is 0. The zero-order valence-electron chi connectivity index (χ0n) is 6.40. The van der Waals surface area contributed by atoms with E-state index < -0.39 is 36.7 Å². The van der Waals surface area contributed by atoms with Gasteiger partial charge in [0.25, 0.3) is 0 Å². The second-order valence-corrected chi connectivity index (χ2v) is 2.74. The van der Waals surface area contributed by atoms with Crippen molar-refractivity contribution in [3.63, 3.8) is 0 Å². The molecule has 4 N–H and O–H groups in total. The Hall–Kier alpha value is -0.730. The van der Waals surface area contributed by atoms with Crippen LogP contribution in [0.2, 0.25) is 0 Å². The first-order chi connectivity index (χ1) is 5.95. The maximum absolute atomic E-state index is 10.3. The Bertz CT molecular complexity index is 205. The number of hydrogen-bond donors (Lipinski definition) is 4. The molecule has 0 spiro atoms. The molecule has 1 aliphatic heterocycles. The molecule has 1 heterocycles. The predicted octanol–water partition coefficient (Wildman–Crippen LogP) is -4.46.